The maximum atomic E-state index is 5.41. The summed E-state index contributed by atoms with van der Waals surface area (Å²) >= 11 is 0. The fraction of sp³-hybridized carbons (Fsp3) is 0.553. The largest absolute Gasteiger partial charge is 0.383 e. The van der Waals surface area contributed by atoms with Gasteiger partial charge in [-0.05, 0) is 121 Å². The molecule has 2 aliphatic rings. The van der Waals surface area contributed by atoms with Crippen LogP contribution in [0.15, 0.2) is 35.3 Å². The van der Waals surface area contributed by atoms with E-state index in [0.29, 0.717) is 17.8 Å². The zero-order valence-electron chi connectivity index (χ0n) is 27.2. The third-order valence-corrected chi connectivity index (χ3v) is 8.50. The van der Waals surface area contributed by atoms with Gasteiger partial charge in [0.05, 0.1) is 17.3 Å². The lowest BCUT2D eigenvalue weighted by Gasteiger charge is -2.35. The first-order valence-electron chi connectivity index (χ1n) is 16.1. The summed E-state index contributed by atoms with van der Waals surface area (Å²) in [6.07, 6.45) is 10.2. The van der Waals surface area contributed by atoms with Crippen LogP contribution in [-0.2, 0) is 0 Å². The smallest absolute Gasteiger partial charge is 0.0663 e. The minimum atomic E-state index is 0.0907. The van der Waals surface area contributed by atoms with E-state index in [2.05, 4.69) is 121 Å². The molecule has 41 heavy (non-hydrogen) atoms. The van der Waals surface area contributed by atoms with Crippen LogP contribution in [0.2, 0.25) is 0 Å². The summed E-state index contributed by atoms with van der Waals surface area (Å²) in [5.74, 6) is 8.93. The number of nitrogens with zero attached hydrogens (tertiary/aromatic N) is 2. The molecule has 0 radical (unpaired) electrons. The lowest BCUT2D eigenvalue weighted by Crippen LogP contribution is -2.36. The van der Waals surface area contributed by atoms with E-state index >= 15 is 0 Å². The highest BCUT2D eigenvalue weighted by Gasteiger charge is 2.30. The third-order valence-electron chi connectivity index (χ3n) is 8.50. The van der Waals surface area contributed by atoms with Crippen LogP contribution in [0.5, 0.6) is 0 Å². The van der Waals surface area contributed by atoms with Crippen molar-refractivity contribution in [2.45, 2.75) is 98.3 Å². The van der Waals surface area contributed by atoms with Gasteiger partial charge in [0.2, 0.25) is 0 Å². The van der Waals surface area contributed by atoms with Crippen molar-refractivity contribution in [1.29, 1.82) is 0 Å². The van der Waals surface area contributed by atoms with Gasteiger partial charge in [-0.3, -0.25) is 4.99 Å². The molecule has 3 atom stereocenters. The molecule has 1 saturated heterocycles. The molecule has 1 saturated carbocycles. The van der Waals surface area contributed by atoms with Gasteiger partial charge in [-0.1, -0.05) is 65.7 Å². The number of aliphatic imine (C=N–C) groups is 1. The van der Waals surface area contributed by atoms with Gasteiger partial charge < -0.3 is 10.2 Å². The average Bonchev–Trinajstić information content (AvgIpc) is 2.95. The van der Waals surface area contributed by atoms with E-state index in [1.807, 2.05) is 0 Å². The van der Waals surface area contributed by atoms with Crippen LogP contribution in [0, 0.1) is 30.6 Å². The lowest BCUT2D eigenvalue weighted by molar-refractivity contribution is 0.279. The van der Waals surface area contributed by atoms with Crippen LogP contribution in [0.3, 0.4) is 0 Å². The summed E-state index contributed by atoms with van der Waals surface area (Å²) in [6, 6.07) is 11.6. The summed E-state index contributed by atoms with van der Waals surface area (Å²) in [5, 5.41) is 5.84. The molecule has 3 nitrogen and oxygen atoms in total. The van der Waals surface area contributed by atoms with Crippen LogP contribution in [0.4, 0.5) is 5.69 Å². The number of rotatable bonds is 7. The minimum Gasteiger partial charge on any atom is -0.383 e. The van der Waals surface area contributed by atoms with E-state index in [0.717, 1.165) is 42.5 Å². The molecule has 0 amide bonds. The molecule has 1 aliphatic heterocycles. The van der Waals surface area contributed by atoms with E-state index in [-0.39, 0.29) is 5.92 Å². The standard InChI is InChI=1S/C35H47N3.C3H8/c1-8-10-11-27(9-2)35(37-34-15-13-29(20-25(34)4)28-16-18-36-19-17-28)30-21-31(23-38(6)7)26(5)33(22-30)32-14-12-24(32)3;1-3-2/h13,15,20-24,27-28,32,36H,5,8-9,12,14,16-19H2,1-4,6-7H3;3H2,1-2H3/b31-23-,37-35?;. The topological polar surface area (TPSA) is 27.6 Å². The van der Waals surface area contributed by atoms with Gasteiger partial charge in [0.15, 0.2) is 0 Å². The van der Waals surface area contributed by atoms with Gasteiger partial charge in [-0.15, -0.1) is 5.92 Å². The average molecular weight is 554 g/mol. The molecule has 2 aromatic carbocycles. The van der Waals surface area contributed by atoms with Crippen molar-refractivity contribution >= 4 is 24.2 Å². The van der Waals surface area contributed by atoms with Crippen molar-refractivity contribution < 1.29 is 0 Å². The maximum Gasteiger partial charge on any atom is 0.0663 e. The first-order chi connectivity index (χ1) is 19.7. The Labute approximate surface area is 251 Å². The van der Waals surface area contributed by atoms with Crippen LogP contribution >= 0.6 is 0 Å². The van der Waals surface area contributed by atoms with Crippen molar-refractivity contribution in [3.05, 3.63) is 63.0 Å². The Kier molecular flexibility index (Phi) is 12.7. The first-order valence-corrected chi connectivity index (χ1v) is 16.1. The molecule has 0 aromatic heterocycles. The van der Waals surface area contributed by atoms with E-state index in [1.54, 1.807) is 0 Å². The van der Waals surface area contributed by atoms with Crippen molar-refractivity contribution in [1.82, 2.24) is 10.2 Å². The van der Waals surface area contributed by atoms with Crippen LogP contribution < -0.4 is 15.8 Å². The van der Waals surface area contributed by atoms with E-state index in [9.17, 15) is 0 Å². The molecular formula is C38H55N3. The van der Waals surface area contributed by atoms with Gasteiger partial charge in [-0.25, -0.2) is 0 Å². The Bertz CT molecular complexity index is 1330. The number of benzene rings is 2. The molecular weight excluding hydrogens is 498 g/mol. The third kappa shape index (κ3) is 8.59. The Hall–Kier alpha value is -2.83. The minimum absolute atomic E-state index is 0.0907. The number of nitrogens with one attached hydrogen (secondary N) is 1. The van der Waals surface area contributed by atoms with Gasteiger partial charge in [0, 0.05) is 26.7 Å². The second-order valence-electron chi connectivity index (χ2n) is 12.3. The molecule has 3 heteroatoms. The second-order valence-corrected chi connectivity index (χ2v) is 12.3. The summed E-state index contributed by atoms with van der Waals surface area (Å²) in [7, 11) is 4.17. The number of hydrogen-bond donors (Lipinski definition) is 1. The Balaban J connectivity index is 0.00000147. The normalized spacial score (nSPS) is 20.3. The fourth-order valence-corrected chi connectivity index (χ4v) is 5.99. The SMILES string of the molecule is C=c1c(C2CCC2C)cc(C(=Nc2ccc(C3CCNCC3)cc2C)C(C#CCC)CC)c/c1=C/N(C)C.CCC. The maximum absolute atomic E-state index is 5.41. The Morgan fingerprint density at radius 3 is 2.32 bits per heavy atom. The van der Waals surface area contributed by atoms with Crippen LogP contribution in [0.25, 0.3) is 12.8 Å². The highest BCUT2D eigenvalue weighted by molar-refractivity contribution is 6.05. The van der Waals surface area contributed by atoms with Crippen LogP contribution in [-0.4, -0.2) is 37.8 Å². The monoisotopic (exact) mass is 553 g/mol. The molecule has 1 aliphatic carbocycles. The molecule has 4 rings (SSSR count). The first kappa shape index (κ1) is 32.7. The van der Waals surface area contributed by atoms with Gasteiger partial charge in [0.1, 0.15) is 0 Å². The molecule has 0 bridgehead atoms. The highest BCUT2D eigenvalue weighted by atomic mass is 15.0. The lowest BCUT2D eigenvalue weighted by atomic mass is 9.70. The second kappa shape index (κ2) is 16.0. The molecule has 2 aromatic rings. The van der Waals surface area contributed by atoms with E-state index in [4.69, 9.17) is 4.99 Å². The van der Waals surface area contributed by atoms with Crippen molar-refractivity contribution in [3.8, 4) is 11.8 Å². The Morgan fingerprint density at radius 2 is 1.78 bits per heavy atom. The number of aryl methyl sites for hydroxylation is 1. The van der Waals surface area contributed by atoms with E-state index in [1.165, 1.54) is 59.6 Å². The van der Waals surface area contributed by atoms with E-state index < -0.39 is 0 Å². The predicted molar refractivity (Wildman–Crippen MR) is 181 cm³/mol. The van der Waals surface area contributed by atoms with Crippen LogP contribution in [0.1, 0.15) is 114 Å². The molecule has 0 spiro atoms. The molecule has 3 unspecified atom stereocenters. The molecule has 1 N–H and O–H groups in total. The summed E-state index contributed by atoms with van der Waals surface area (Å²) in [5.41, 5.74) is 7.43. The highest BCUT2D eigenvalue weighted by Crippen LogP contribution is 2.41. The van der Waals surface area contributed by atoms with Gasteiger partial charge in [-0.2, -0.15) is 0 Å². The summed E-state index contributed by atoms with van der Waals surface area (Å²) in [6.45, 7) is 20.0. The van der Waals surface area contributed by atoms with Gasteiger partial charge >= 0.3 is 0 Å². The molecule has 2 fully saturated rings. The van der Waals surface area contributed by atoms with Crippen molar-refractivity contribution in [3.63, 3.8) is 0 Å². The quantitative estimate of drug-likeness (QED) is 0.282. The zero-order valence-corrected chi connectivity index (χ0v) is 27.2. The number of piperidine rings is 1. The summed E-state index contributed by atoms with van der Waals surface area (Å²) in [4.78, 5) is 7.53. The molecule has 222 valence electrons. The Morgan fingerprint density at radius 1 is 1.07 bits per heavy atom. The van der Waals surface area contributed by atoms with Crippen molar-refractivity contribution in [2.75, 3.05) is 27.2 Å². The fourth-order valence-electron chi connectivity index (χ4n) is 5.99. The summed E-state index contributed by atoms with van der Waals surface area (Å²) < 4.78 is 0. The van der Waals surface area contributed by atoms with Crippen molar-refractivity contribution in [2.24, 2.45) is 16.8 Å². The molecule has 1 heterocycles. The van der Waals surface area contributed by atoms with Gasteiger partial charge in [0.25, 0.3) is 0 Å². The zero-order chi connectivity index (χ0) is 29.9. The number of hydrogen-bond acceptors (Lipinski definition) is 3. The predicted octanol–water partition coefficient (Wildman–Crippen LogP) is 7.66.